The summed E-state index contributed by atoms with van der Waals surface area (Å²) < 4.78 is 5.52. The molecular formula is C24H38N4O3. The first-order chi connectivity index (χ1) is 14.7. The van der Waals surface area contributed by atoms with Crippen molar-refractivity contribution in [2.75, 3.05) is 43.0 Å². The van der Waals surface area contributed by atoms with Crippen LogP contribution in [0.25, 0.3) is 0 Å². The fraction of sp³-hybridized carbons (Fsp3) is 0.667. The highest BCUT2D eigenvalue weighted by atomic mass is 16.6. The second-order valence-corrected chi connectivity index (χ2v) is 9.27. The number of benzene rings is 1. The third-order valence-electron chi connectivity index (χ3n) is 6.33. The lowest BCUT2D eigenvalue weighted by Crippen LogP contribution is -2.56. The lowest BCUT2D eigenvalue weighted by Gasteiger charge is -2.41. The number of anilines is 2. The minimum absolute atomic E-state index is 0.0132. The average Bonchev–Trinajstić information content (AvgIpc) is 2.64. The van der Waals surface area contributed by atoms with Crippen molar-refractivity contribution in [3.63, 3.8) is 0 Å². The molecule has 1 saturated heterocycles. The van der Waals surface area contributed by atoms with Crippen LogP contribution in [0.15, 0.2) is 18.2 Å². The molecule has 2 aliphatic heterocycles. The molecule has 7 heteroatoms. The van der Waals surface area contributed by atoms with Crippen LogP contribution in [-0.2, 0) is 9.53 Å². The summed E-state index contributed by atoms with van der Waals surface area (Å²) in [6.45, 7) is 12.9. The van der Waals surface area contributed by atoms with Crippen LogP contribution in [0.5, 0.6) is 0 Å². The van der Waals surface area contributed by atoms with Gasteiger partial charge in [0.15, 0.2) is 0 Å². The summed E-state index contributed by atoms with van der Waals surface area (Å²) >= 11 is 0. The number of hydrogen-bond donors (Lipinski definition) is 1. The monoisotopic (exact) mass is 430 g/mol. The van der Waals surface area contributed by atoms with E-state index in [1.807, 2.05) is 26.8 Å². The SMILES string of the molecule is CCCC(CN(C)C1CNC1)c1ccc2c(c1)N(C(=O)OC(C)C)C[C@H](C)N2C(C)=O. The molecule has 0 bridgehead atoms. The molecule has 1 fully saturated rings. The van der Waals surface area contributed by atoms with Crippen LogP contribution in [0, 0.1) is 0 Å². The summed E-state index contributed by atoms with van der Waals surface area (Å²) in [5, 5.41) is 3.34. The summed E-state index contributed by atoms with van der Waals surface area (Å²) in [7, 11) is 2.19. The molecule has 1 aromatic carbocycles. The van der Waals surface area contributed by atoms with Crippen LogP contribution in [0.3, 0.4) is 0 Å². The van der Waals surface area contributed by atoms with Crippen molar-refractivity contribution in [1.82, 2.24) is 10.2 Å². The Kier molecular flexibility index (Phi) is 7.59. The highest BCUT2D eigenvalue weighted by Gasteiger charge is 2.35. The number of likely N-dealkylation sites (N-methyl/N-ethyl adjacent to an activating group) is 1. The largest absolute Gasteiger partial charge is 0.446 e. The molecule has 1 N–H and O–H groups in total. The number of amides is 2. The van der Waals surface area contributed by atoms with Crippen LogP contribution in [-0.4, -0.2) is 68.3 Å². The maximum absolute atomic E-state index is 12.9. The zero-order valence-corrected chi connectivity index (χ0v) is 19.9. The van der Waals surface area contributed by atoms with Gasteiger partial charge in [0.1, 0.15) is 0 Å². The molecule has 1 aromatic rings. The number of ether oxygens (including phenoxy) is 1. The van der Waals surface area contributed by atoms with Crippen molar-refractivity contribution < 1.29 is 14.3 Å². The first-order valence-electron chi connectivity index (χ1n) is 11.6. The molecule has 0 aromatic heterocycles. The summed E-state index contributed by atoms with van der Waals surface area (Å²) in [6, 6.07) is 6.71. The normalized spacial score (nSPS) is 19.9. The number of nitrogens with zero attached hydrogens (tertiary/aromatic N) is 3. The molecule has 3 rings (SSSR count). The number of fused-ring (bicyclic) bond motifs is 1. The Hall–Kier alpha value is -2.12. The van der Waals surface area contributed by atoms with E-state index in [2.05, 4.69) is 36.3 Å². The van der Waals surface area contributed by atoms with E-state index in [0.717, 1.165) is 43.9 Å². The van der Waals surface area contributed by atoms with Crippen molar-refractivity contribution in [2.24, 2.45) is 0 Å². The Morgan fingerprint density at radius 1 is 1.26 bits per heavy atom. The van der Waals surface area contributed by atoms with Crippen molar-refractivity contribution >= 4 is 23.4 Å². The van der Waals surface area contributed by atoms with Crippen molar-refractivity contribution in [2.45, 2.75) is 71.6 Å². The Morgan fingerprint density at radius 3 is 2.52 bits per heavy atom. The summed E-state index contributed by atoms with van der Waals surface area (Å²) in [5.41, 5.74) is 2.76. The van der Waals surface area contributed by atoms with Gasteiger partial charge in [0.05, 0.1) is 23.5 Å². The summed E-state index contributed by atoms with van der Waals surface area (Å²) in [5.74, 6) is 0.356. The number of hydrogen-bond acceptors (Lipinski definition) is 5. The van der Waals surface area contributed by atoms with Gasteiger partial charge in [-0.05, 0) is 57.9 Å². The van der Waals surface area contributed by atoms with Gasteiger partial charge < -0.3 is 19.9 Å². The van der Waals surface area contributed by atoms with Gasteiger partial charge in [-0.2, -0.15) is 0 Å². The van der Waals surface area contributed by atoms with Gasteiger partial charge in [0, 0.05) is 39.1 Å². The molecule has 7 nitrogen and oxygen atoms in total. The highest BCUT2D eigenvalue weighted by Crippen LogP contribution is 2.39. The minimum Gasteiger partial charge on any atom is -0.446 e. The quantitative estimate of drug-likeness (QED) is 0.716. The topological polar surface area (TPSA) is 65.1 Å². The van der Waals surface area contributed by atoms with Crippen LogP contribution < -0.4 is 15.1 Å². The molecule has 31 heavy (non-hydrogen) atoms. The van der Waals surface area contributed by atoms with Crippen molar-refractivity contribution in [3.8, 4) is 0 Å². The first-order valence-corrected chi connectivity index (χ1v) is 11.6. The molecule has 2 atom stereocenters. The molecule has 0 spiro atoms. The number of nitrogens with one attached hydrogen (secondary N) is 1. The van der Waals surface area contributed by atoms with Crippen LogP contribution >= 0.6 is 0 Å². The van der Waals surface area contributed by atoms with E-state index in [4.69, 9.17) is 4.74 Å². The maximum atomic E-state index is 12.9. The molecule has 1 unspecified atom stereocenters. The van der Waals surface area contributed by atoms with Crippen LogP contribution in [0.2, 0.25) is 0 Å². The Morgan fingerprint density at radius 2 is 1.97 bits per heavy atom. The van der Waals surface area contributed by atoms with Gasteiger partial charge in [0.2, 0.25) is 5.91 Å². The van der Waals surface area contributed by atoms with Gasteiger partial charge in [-0.25, -0.2) is 4.79 Å². The van der Waals surface area contributed by atoms with Gasteiger partial charge in [-0.1, -0.05) is 19.4 Å². The fourth-order valence-electron chi connectivity index (χ4n) is 4.61. The Balaban J connectivity index is 1.96. The summed E-state index contributed by atoms with van der Waals surface area (Å²) in [4.78, 5) is 31.2. The van der Waals surface area contributed by atoms with E-state index in [1.165, 1.54) is 5.56 Å². The lowest BCUT2D eigenvalue weighted by atomic mass is 9.91. The summed E-state index contributed by atoms with van der Waals surface area (Å²) in [6.07, 6.45) is 1.62. The molecule has 0 aliphatic carbocycles. The second-order valence-electron chi connectivity index (χ2n) is 9.27. The standard InChI is InChI=1S/C24H38N4O3/c1-7-8-20(15-26(6)21-12-25-13-21)19-9-10-22-23(11-19)27(24(30)31-16(2)3)14-17(4)28(22)18(5)29/h9-11,16-17,20-21,25H,7-8,12-15H2,1-6H3/t17-,20?/m0/s1. The predicted octanol–water partition coefficient (Wildman–Crippen LogP) is 3.58. The highest BCUT2D eigenvalue weighted by molar-refractivity contribution is 6.02. The first kappa shape index (κ1) is 23.5. The van der Waals surface area contributed by atoms with Crippen molar-refractivity contribution in [3.05, 3.63) is 23.8 Å². The third kappa shape index (κ3) is 5.21. The molecule has 0 saturated carbocycles. The van der Waals surface area contributed by atoms with Crippen LogP contribution in [0.1, 0.15) is 58.9 Å². The third-order valence-corrected chi connectivity index (χ3v) is 6.33. The number of rotatable bonds is 7. The fourth-order valence-corrected chi connectivity index (χ4v) is 4.61. The molecule has 2 aliphatic rings. The van der Waals surface area contributed by atoms with Gasteiger partial charge in [-0.3, -0.25) is 9.69 Å². The maximum Gasteiger partial charge on any atom is 0.414 e. The van der Waals surface area contributed by atoms with Crippen molar-refractivity contribution in [1.29, 1.82) is 0 Å². The minimum atomic E-state index is -0.354. The number of carbonyl (C=O) groups is 2. The van der Waals surface area contributed by atoms with E-state index >= 15 is 0 Å². The smallest absolute Gasteiger partial charge is 0.414 e. The average molecular weight is 431 g/mol. The zero-order valence-electron chi connectivity index (χ0n) is 19.9. The molecule has 2 heterocycles. The molecule has 172 valence electrons. The zero-order chi connectivity index (χ0) is 22.7. The molecular weight excluding hydrogens is 392 g/mol. The Labute approximate surface area is 186 Å². The van der Waals surface area contributed by atoms with E-state index in [0.29, 0.717) is 18.5 Å². The van der Waals surface area contributed by atoms with E-state index < -0.39 is 0 Å². The lowest BCUT2D eigenvalue weighted by molar-refractivity contribution is -0.117. The molecule has 0 radical (unpaired) electrons. The van der Waals surface area contributed by atoms with Gasteiger partial charge in [-0.15, -0.1) is 0 Å². The number of carbonyl (C=O) groups excluding carboxylic acids is 2. The van der Waals surface area contributed by atoms with E-state index in [9.17, 15) is 9.59 Å². The van der Waals surface area contributed by atoms with Gasteiger partial charge in [0.25, 0.3) is 0 Å². The van der Waals surface area contributed by atoms with Gasteiger partial charge >= 0.3 is 6.09 Å². The second kappa shape index (κ2) is 10.0. The Bertz CT molecular complexity index is 793. The van der Waals surface area contributed by atoms with Crippen LogP contribution in [0.4, 0.5) is 16.2 Å². The van der Waals surface area contributed by atoms with E-state index in [1.54, 1.807) is 16.7 Å². The van der Waals surface area contributed by atoms with E-state index in [-0.39, 0.29) is 24.1 Å². The predicted molar refractivity (Wildman–Crippen MR) is 125 cm³/mol. The molecule has 2 amide bonds.